The van der Waals surface area contributed by atoms with Crippen molar-refractivity contribution in [3.05, 3.63) is 41.7 Å². The number of hydrogen-bond acceptors (Lipinski definition) is 3. The molecule has 17 heavy (non-hydrogen) atoms. The van der Waals surface area contributed by atoms with Crippen molar-refractivity contribution < 1.29 is 12.8 Å². The second-order valence-corrected chi connectivity index (χ2v) is 5.30. The summed E-state index contributed by atoms with van der Waals surface area (Å²) in [6.07, 6.45) is 0. The number of rotatable bonds is 4. The van der Waals surface area contributed by atoms with E-state index in [2.05, 4.69) is 11.3 Å². The van der Waals surface area contributed by atoms with Gasteiger partial charge >= 0.3 is 0 Å². The second kappa shape index (κ2) is 5.08. The third-order valence-electron chi connectivity index (χ3n) is 1.93. The lowest BCUT2D eigenvalue weighted by molar-refractivity contribution is 0.583. The van der Waals surface area contributed by atoms with Gasteiger partial charge < -0.3 is 0 Å². The largest absolute Gasteiger partial charge is 0.240 e. The van der Waals surface area contributed by atoms with Gasteiger partial charge in [-0.05, 0) is 25.1 Å². The summed E-state index contributed by atoms with van der Waals surface area (Å²) in [5, 5.41) is 8.61. The molecule has 0 spiro atoms. The minimum atomic E-state index is -3.73. The van der Waals surface area contributed by atoms with E-state index < -0.39 is 15.8 Å². The molecule has 4 nitrogen and oxygen atoms in total. The van der Waals surface area contributed by atoms with Gasteiger partial charge in [-0.3, -0.25) is 0 Å². The molecule has 0 fully saturated rings. The number of sulfonamides is 1. The van der Waals surface area contributed by atoms with Crippen molar-refractivity contribution >= 4 is 10.0 Å². The summed E-state index contributed by atoms with van der Waals surface area (Å²) in [5.74, 6) is -0.744. The van der Waals surface area contributed by atoms with Gasteiger partial charge in [-0.2, -0.15) is 5.26 Å². The quantitative estimate of drug-likeness (QED) is 0.829. The lowest BCUT2D eigenvalue weighted by Crippen LogP contribution is -2.25. The SMILES string of the molecule is C=C(C)CNS(=O)(=O)c1ccc(F)c(C#N)c1. The highest BCUT2D eigenvalue weighted by Gasteiger charge is 2.15. The smallest absolute Gasteiger partial charge is 0.207 e. The molecular formula is C11H11FN2O2S. The maximum atomic E-state index is 13.0. The average molecular weight is 254 g/mol. The first-order chi connectivity index (χ1) is 7.86. The van der Waals surface area contributed by atoms with Gasteiger partial charge in [-0.1, -0.05) is 12.2 Å². The first kappa shape index (κ1) is 13.4. The first-order valence-corrected chi connectivity index (χ1v) is 6.19. The highest BCUT2D eigenvalue weighted by Crippen LogP contribution is 2.14. The molecule has 0 heterocycles. The predicted octanol–water partition coefficient (Wildman–Crippen LogP) is 1.55. The molecule has 1 aromatic carbocycles. The van der Waals surface area contributed by atoms with Crippen molar-refractivity contribution in [2.24, 2.45) is 0 Å². The molecule has 1 N–H and O–H groups in total. The highest BCUT2D eigenvalue weighted by molar-refractivity contribution is 7.89. The van der Waals surface area contributed by atoms with Gasteiger partial charge in [0.25, 0.3) is 0 Å². The molecule has 1 rings (SSSR count). The molecule has 0 aliphatic carbocycles. The minimum absolute atomic E-state index is 0.0988. The monoisotopic (exact) mass is 254 g/mol. The van der Waals surface area contributed by atoms with Crippen molar-refractivity contribution in [2.45, 2.75) is 11.8 Å². The Labute approximate surface area is 99.4 Å². The summed E-state index contributed by atoms with van der Waals surface area (Å²) < 4.78 is 38.8. The topological polar surface area (TPSA) is 70.0 Å². The first-order valence-electron chi connectivity index (χ1n) is 4.70. The Bertz CT molecular complexity index is 588. The summed E-state index contributed by atoms with van der Waals surface area (Å²) in [4.78, 5) is -0.142. The van der Waals surface area contributed by atoms with Crippen LogP contribution in [0.3, 0.4) is 0 Å². The summed E-state index contributed by atoms with van der Waals surface area (Å²) in [6.45, 7) is 5.33. The van der Waals surface area contributed by atoms with Crippen LogP contribution in [0.2, 0.25) is 0 Å². The third-order valence-corrected chi connectivity index (χ3v) is 3.33. The molecule has 0 aliphatic rings. The Kier molecular flexibility index (Phi) is 3.99. The molecule has 0 unspecified atom stereocenters. The van der Waals surface area contributed by atoms with Crippen LogP contribution in [0.25, 0.3) is 0 Å². The second-order valence-electron chi connectivity index (χ2n) is 3.54. The molecule has 0 aliphatic heterocycles. The molecule has 0 bridgehead atoms. The predicted molar refractivity (Wildman–Crippen MR) is 61.1 cm³/mol. The maximum absolute atomic E-state index is 13.0. The van der Waals surface area contributed by atoms with Gasteiger partial charge in [0.15, 0.2) is 0 Å². The van der Waals surface area contributed by atoms with Gasteiger partial charge in [0.1, 0.15) is 11.9 Å². The fraction of sp³-hybridized carbons (Fsp3) is 0.182. The Morgan fingerprint density at radius 3 is 2.76 bits per heavy atom. The van der Waals surface area contributed by atoms with Crippen LogP contribution in [0, 0.1) is 17.1 Å². The highest BCUT2D eigenvalue weighted by atomic mass is 32.2. The van der Waals surface area contributed by atoms with E-state index in [4.69, 9.17) is 5.26 Å². The van der Waals surface area contributed by atoms with Gasteiger partial charge in [0.2, 0.25) is 10.0 Å². The molecule has 0 saturated carbocycles. The van der Waals surface area contributed by atoms with Crippen LogP contribution in [0.4, 0.5) is 4.39 Å². The molecule has 0 radical (unpaired) electrons. The van der Waals surface area contributed by atoms with Gasteiger partial charge in [-0.15, -0.1) is 0 Å². The van der Waals surface area contributed by atoms with Crippen LogP contribution >= 0.6 is 0 Å². The van der Waals surface area contributed by atoms with Crippen LogP contribution in [-0.4, -0.2) is 15.0 Å². The normalized spacial score (nSPS) is 10.9. The van der Waals surface area contributed by atoms with Crippen molar-refractivity contribution in [3.63, 3.8) is 0 Å². The van der Waals surface area contributed by atoms with Crippen molar-refractivity contribution in [3.8, 4) is 6.07 Å². The molecule has 0 saturated heterocycles. The molecule has 0 amide bonds. The van der Waals surface area contributed by atoms with Crippen LogP contribution < -0.4 is 4.72 Å². The van der Waals surface area contributed by atoms with E-state index in [0.717, 1.165) is 18.2 Å². The number of benzene rings is 1. The Hall–Kier alpha value is -1.71. The number of nitrogens with zero attached hydrogens (tertiary/aromatic N) is 1. The fourth-order valence-electron chi connectivity index (χ4n) is 1.06. The van der Waals surface area contributed by atoms with E-state index in [1.807, 2.05) is 0 Å². The molecule has 90 valence electrons. The average Bonchev–Trinajstić information content (AvgIpc) is 2.27. The Morgan fingerprint density at radius 2 is 2.24 bits per heavy atom. The van der Waals surface area contributed by atoms with Crippen molar-refractivity contribution in [1.29, 1.82) is 5.26 Å². The van der Waals surface area contributed by atoms with Gasteiger partial charge in [-0.25, -0.2) is 17.5 Å². The zero-order valence-electron chi connectivity index (χ0n) is 9.20. The Morgan fingerprint density at radius 1 is 1.59 bits per heavy atom. The standard InChI is InChI=1S/C11H11FN2O2S/c1-8(2)7-14-17(15,16)10-3-4-11(12)9(5-10)6-13/h3-5,14H,1,7H2,2H3. The van der Waals surface area contributed by atoms with Gasteiger partial charge in [0.05, 0.1) is 10.5 Å². The summed E-state index contributed by atoms with van der Waals surface area (Å²) >= 11 is 0. The molecule has 0 atom stereocenters. The minimum Gasteiger partial charge on any atom is -0.207 e. The lowest BCUT2D eigenvalue weighted by Gasteiger charge is -2.06. The number of nitrogens with one attached hydrogen (secondary N) is 1. The zero-order chi connectivity index (χ0) is 13.1. The number of hydrogen-bond donors (Lipinski definition) is 1. The van der Waals surface area contributed by atoms with Crippen molar-refractivity contribution in [1.82, 2.24) is 4.72 Å². The van der Waals surface area contributed by atoms with Crippen LogP contribution in [-0.2, 0) is 10.0 Å². The van der Waals surface area contributed by atoms with E-state index in [-0.39, 0.29) is 17.0 Å². The van der Waals surface area contributed by atoms with Crippen LogP contribution in [0.1, 0.15) is 12.5 Å². The molecular weight excluding hydrogens is 243 g/mol. The molecule has 6 heteroatoms. The van der Waals surface area contributed by atoms with E-state index >= 15 is 0 Å². The van der Waals surface area contributed by atoms with E-state index in [9.17, 15) is 12.8 Å². The summed E-state index contributed by atoms with van der Waals surface area (Å²) in [6, 6.07) is 4.64. The van der Waals surface area contributed by atoms with E-state index in [1.54, 1.807) is 13.0 Å². The van der Waals surface area contributed by atoms with E-state index in [1.165, 1.54) is 0 Å². The summed E-state index contributed by atoms with van der Waals surface area (Å²) in [5.41, 5.74) is 0.347. The number of nitriles is 1. The molecule has 1 aromatic rings. The maximum Gasteiger partial charge on any atom is 0.240 e. The van der Waals surface area contributed by atoms with Gasteiger partial charge in [0, 0.05) is 6.54 Å². The zero-order valence-corrected chi connectivity index (χ0v) is 10.0. The molecule has 0 aromatic heterocycles. The third kappa shape index (κ3) is 3.37. The van der Waals surface area contributed by atoms with E-state index in [0.29, 0.717) is 5.57 Å². The summed E-state index contributed by atoms with van der Waals surface area (Å²) in [7, 11) is -3.73. The Balaban J connectivity index is 3.08. The number of halogens is 1. The fourth-order valence-corrected chi connectivity index (χ4v) is 2.18. The lowest BCUT2D eigenvalue weighted by atomic mass is 10.2. The van der Waals surface area contributed by atoms with Crippen molar-refractivity contribution in [2.75, 3.05) is 6.54 Å². The van der Waals surface area contributed by atoms with Crippen LogP contribution in [0.15, 0.2) is 35.2 Å². The van der Waals surface area contributed by atoms with Crippen LogP contribution in [0.5, 0.6) is 0 Å².